The van der Waals surface area contributed by atoms with Gasteiger partial charge < -0.3 is 14.2 Å². The van der Waals surface area contributed by atoms with Crippen LogP contribution >= 0.6 is 11.6 Å². The third-order valence-corrected chi connectivity index (χ3v) is 4.75. The van der Waals surface area contributed by atoms with Crippen molar-refractivity contribution in [2.45, 2.75) is 39.2 Å². The smallest absolute Gasteiger partial charge is 0.313 e. The Bertz CT molecular complexity index is 1050. The van der Waals surface area contributed by atoms with Crippen molar-refractivity contribution in [3.05, 3.63) is 59.6 Å². The number of benzene rings is 2. The maximum Gasteiger partial charge on any atom is 0.313 e. The van der Waals surface area contributed by atoms with Crippen molar-refractivity contribution in [1.82, 2.24) is 4.98 Å². The summed E-state index contributed by atoms with van der Waals surface area (Å²) in [5.41, 5.74) is 0.780. The number of hydrogen-bond donors (Lipinski definition) is 0. The summed E-state index contributed by atoms with van der Waals surface area (Å²) in [6.07, 6.45) is 0.639. The molecule has 3 rings (SSSR count). The van der Waals surface area contributed by atoms with Gasteiger partial charge in [-0.3, -0.25) is 9.59 Å². The van der Waals surface area contributed by atoms with Crippen molar-refractivity contribution in [2.75, 3.05) is 6.61 Å². The molecule has 0 fully saturated rings. The molecule has 0 aliphatic heterocycles. The van der Waals surface area contributed by atoms with E-state index in [9.17, 15) is 9.59 Å². The lowest BCUT2D eigenvalue weighted by atomic mass is 10.2. The van der Waals surface area contributed by atoms with E-state index in [0.717, 1.165) is 23.7 Å². The number of fused-ring (bicyclic) bond motifs is 1. The van der Waals surface area contributed by atoms with E-state index < -0.39 is 12.1 Å². The van der Waals surface area contributed by atoms with Gasteiger partial charge in [0.05, 0.1) is 12.1 Å². The van der Waals surface area contributed by atoms with Crippen LogP contribution in [0.3, 0.4) is 0 Å². The van der Waals surface area contributed by atoms with E-state index in [1.165, 1.54) is 0 Å². The lowest BCUT2D eigenvalue weighted by Crippen LogP contribution is -2.26. The van der Waals surface area contributed by atoms with E-state index >= 15 is 0 Å². The highest BCUT2D eigenvalue weighted by Gasteiger charge is 2.19. The van der Waals surface area contributed by atoms with Gasteiger partial charge in [-0.2, -0.15) is 0 Å². The Kier molecular flexibility index (Phi) is 7.84. The minimum Gasteiger partial charge on any atom is -0.483 e. The number of nitrogens with zero attached hydrogens (tertiary/aromatic N) is 1. The molecule has 1 heterocycles. The number of hydrogen-bond acceptors (Lipinski definition) is 6. The largest absolute Gasteiger partial charge is 0.483 e. The summed E-state index contributed by atoms with van der Waals surface area (Å²) in [6.45, 7) is 3.94. The molecule has 1 unspecified atom stereocenters. The van der Waals surface area contributed by atoms with Crippen LogP contribution in [0, 0.1) is 0 Å². The summed E-state index contributed by atoms with van der Waals surface area (Å²) < 4.78 is 16.4. The second kappa shape index (κ2) is 10.8. The first kappa shape index (κ1) is 22.6. The molecule has 0 radical (unpaired) electrons. The Hall–Kier alpha value is -3.12. The van der Waals surface area contributed by atoms with Gasteiger partial charge in [-0.25, -0.2) is 4.98 Å². The SMILES string of the molecule is CCCCOC(=O)CC(=O)C(C)Oc1ccc(Oc2ccc3cc(Cl)ccc3n2)cc1. The number of rotatable bonds is 10. The van der Waals surface area contributed by atoms with Crippen LogP contribution in [0.25, 0.3) is 10.9 Å². The fourth-order valence-electron chi connectivity index (χ4n) is 2.78. The van der Waals surface area contributed by atoms with Crippen LogP contribution in [-0.2, 0) is 14.3 Å². The molecule has 1 atom stereocenters. The van der Waals surface area contributed by atoms with E-state index in [0.29, 0.717) is 29.0 Å². The van der Waals surface area contributed by atoms with Gasteiger partial charge in [-0.15, -0.1) is 0 Å². The number of ether oxygens (including phenoxy) is 3. The fraction of sp³-hybridized carbons (Fsp3) is 0.292. The molecule has 0 N–H and O–H groups in total. The van der Waals surface area contributed by atoms with Gasteiger partial charge in [0.1, 0.15) is 17.9 Å². The van der Waals surface area contributed by atoms with Crippen LogP contribution in [0.15, 0.2) is 54.6 Å². The molecule has 7 heteroatoms. The van der Waals surface area contributed by atoms with Crippen molar-refractivity contribution >= 4 is 34.3 Å². The zero-order valence-electron chi connectivity index (χ0n) is 17.5. The Morgan fingerprint density at radius 2 is 1.77 bits per heavy atom. The maximum atomic E-state index is 12.2. The van der Waals surface area contributed by atoms with Gasteiger partial charge in [-0.1, -0.05) is 24.9 Å². The predicted octanol–water partition coefficient (Wildman–Crippen LogP) is 5.75. The summed E-state index contributed by atoms with van der Waals surface area (Å²) in [5.74, 6) is 0.666. The number of carbonyl (C=O) groups excluding carboxylic acids is 2. The van der Waals surface area contributed by atoms with Crippen molar-refractivity contribution in [3.63, 3.8) is 0 Å². The van der Waals surface area contributed by atoms with Gasteiger partial charge in [0.2, 0.25) is 5.88 Å². The second-order valence-corrected chi connectivity index (χ2v) is 7.47. The van der Waals surface area contributed by atoms with E-state index in [1.54, 1.807) is 43.3 Å². The van der Waals surface area contributed by atoms with E-state index in [-0.39, 0.29) is 12.2 Å². The average Bonchev–Trinajstić information content (AvgIpc) is 2.75. The van der Waals surface area contributed by atoms with E-state index in [4.69, 9.17) is 25.8 Å². The van der Waals surface area contributed by atoms with Crippen LogP contribution in [0.4, 0.5) is 0 Å². The summed E-state index contributed by atoms with van der Waals surface area (Å²) in [7, 11) is 0. The van der Waals surface area contributed by atoms with Crippen molar-refractivity contribution < 1.29 is 23.8 Å². The topological polar surface area (TPSA) is 74.7 Å². The summed E-state index contributed by atoms with van der Waals surface area (Å²) in [5, 5.41) is 1.58. The molecule has 0 aliphatic carbocycles. The molecule has 1 aromatic heterocycles. The highest BCUT2D eigenvalue weighted by molar-refractivity contribution is 6.31. The molecule has 0 saturated carbocycles. The molecule has 0 bridgehead atoms. The Morgan fingerprint density at radius 1 is 1.03 bits per heavy atom. The molecule has 0 aliphatic rings. The third-order valence-electron chi connectivity index (χ3n) is 4.52. The first-order valence-electron chi connectivity index (χ1n) is 10.1. The maximum absolute atomic E-state index is 12.2. The quantitative estimate of drug-likeness (QED) is 0.226. The molecule has 0 amide bonds. The molecular formula is C24H24ClNO5. The Balaban J connectivity index is 1.54. The van der Waals surface area contributed by atoms with Crippen LogP contribution in [0.1, 0.15) is 33.1 Å². The number of carbonyl (C=O) groups is 2. The van der Waals surface area contributed by atoms with Gasteiger partial charge in [0.25, 0.3) is 0 Å². The number of esters is 1. The molecule has 2 aromatic carbocycles. The normalized spacial score (nSPS) is 11.7. The van der Waals surface area contributed by atoms with Gasteiger partial charge in [-0.05, 0) is 61.9 Å². The van der Waals surface area contributed by atoms with E-state index in [2.05, 4.69) is 4.98 Å². The molecule has 6 nitrogen and oxygen atoms in total. The Labute approximate surface area is 186 Å². The van der Waals surface area contributed by atoms with Gasteiger partial charge in [0, 0.05) is 16.5 Å². The standard InChI is InChI=1S/C24H24ClNO5/c1-3-4-13-29-24(28)15-22(27)16(2)30-19-7-9-20(10-8-19)31-23-12-5-17-14-18(25)6-11-21(17)26-23/h5-12,14,16H,3-4,13,15H2,1-2H3. The third kappa shape index (κ3) is 6.69. The zero-order valence-corrected chi connectivity index (χ0v) is 18.2. The second-order valence-electron chi connectivity index (χ2n) is 7.04. The minimum absolute atomic E-state index is 0.301. The lowest BCUT2D eigenvalue weighted by molar-refractivity contribution is -0.147. The number of Topliss-reactive ketones (excluding diaryl/α,β-unsaturated/α-hetero) is 1. The number of unbranched alkanes of at least 4 members (excludes halogenated alkanes) is 1. The average molecular weight is 442 g/mol. The summed E-state index contributed by atoms with van der Waals surface area (Å²) in [6, 6.07) is 15.9. The number of halogens is 1. The highest BCUT2D eigenvalue weighted by atomic mass is 35.5. The van der Waals surface area contributed by atoms with Gasteiger partial charge >= 0.3 is 5.97 Å². The Morgan fingerprint density at radius 3 is 2.52 bits per heavy atom. The first-order valence-corrected chi connectivity index (χ1v) is 10.5. The first-order chi connectivity index (χ1) is 14.9. The number of ketones is 1. The van der Waals surface area contributed by atoms with Crippen LogP contribution in [-0.4, -0.2) is 29.4 Å². The summed E-state index contributed by atoms with van der Waals surface area (Å²) >= 11 is 5.99. The zero-order chi connectivity index (χ0) is 22.2. The minimum atomic E-state index is -0.764. The van der Waals surface area contributed by atoms with Crippen LogP contribution in [0.2, 0.25) is 5.02 Å². The van der Waals surface area contributed by atoms with Crippen molar-refractivity contribution in [1.29, 1.82) is 0 Å². The summed E-state index contributed by atoms with van der Waals surface area (Å²) in [4.78, 5) is 28.3. The van der Waals surface area contributed by atoms with Gasteiger partial charge in [0.15, 0.2) is 11.9 Å². The molecular weight excluding hydrogens is 418 g/mol. The lowest BCUT2D eigenvalue weighted by Gasteiger charge is -2.14. The molecule has 0 saturated heterocycles. The van der Waals surface area contributed by atoms with Crippen molar-refractivity contribution in [2.24, 2.45) is 0 Å². The fourth-order valence-corrected chi connectivity index (χ4v) is 2.96. The molecule has 0 spiro atoms. The van der Waals surface area contributed by atoms with Crippen LogP contribution in [0.5, 0.6) is 17.4 Å². The number of aromatic nitrogens is 1. The molecule has 31 heavy (non-hydrogen) atoms. The van der Waals surface area contributed by atoms with E-state index in [1.807, 2.05) is 25.1 Å². The highest BCUT2D eigenvalue weighted by Crippen LogP contribution is 2.26. The van der Waals surface area contributed by atoms with Crippen LogP contribution < -0.4 is 9.47 Å². The van der Waals surface area contributed by atoms with Crippen molar-refractivity contribution in [3.8, 4) is 17.4 Å². The number of pyridine rings is 1. The predicted molar refractivity (Wildman–Crippen MR) is 119 cm³/mol. The monoisotopic (exact) mass is 441 g/mol. The molecule has 3 aromatic rings. The molecule has 162 valence electrons.